The molecular weight excluding hydrogens is 282 g/mol. The summed E-state index contributed by atoms with van der Waals surface area (Å²) in [5, 5.41) is 5.37. The van der Waals surface area contributed by atoms with Crippen LogP contribution in [0.25, 0.3) is 16.9 Å². The molecule has 21 heavy (non-hydrogen) atoms. The van der Waals surface area contributed by atoms with Crippen molar-refractivity contribution in [2.75, 3.05) is 0 Å². The molecule has 0 spiro atoms. The van der Waals surface area contributed by atoms with E-state index in [0.29, 0.717) is 0 Å². The summed E-state index contributed by atoms with van der Waals surface area (Å²) in [6.07, 6.45) is 0. The van der Waals surface area contributed by atoms with Gasteiger partial charge >= 0.3 is 0 Å². The Morgan fingerprint density at radius 2 is 1.71 bits per heavy atom. The van der Waals surface area contributed by atoms with Crippen LogP contribution in [-0.2, 0) is 5.41 Å². The van der Waals surface area contributed by atoms with Crippen LogP contribution < -0.4 is 0 Å². The Morgan fingerprint density at radius 1 is 1.05 bits per heavy atom. The van der Waals surface area contributed by atoms with E-state index in [-0.39, 0.29) is 5.41 Å². The van der Waals surface area contributed by atoms with Crippen molar-refractivity contribution in [2.45, 2.75) is 33.1 Å². The summed E-state index contributed by atoms with van der Waals surface area (Å²) in [7, 11) is 0. The van der Waals surface area contributed by atoms with Gasteiger partial charge in [0.25, 0.3) is 0 Å². The minimum atomic E-state index is 0.0250. The summed E-state index contributed by atoms with van der Waals surface area (Å²) in [6, 6.07) is 11.8. The molecule has 3 aromatic rings. The number of fused-ring (bicyclic) bond motifs is 1. The zero-order chi connectivity index (χ0) is 15.2. The Hall–Kier alpha value is -1.87. The quantitative estimate of drug-likeness (QED) is 0.654. The van der Waals surface area contributed by atoms with Crippen molar-refractivity contribution in [3.63, 3.8) is 0 Å². The van der Waals surface area contributed by atoms with Gasteiger partial charge in [-0.2, -0.15) is 5.10 Å². The lowest BCUT2D eigenvalue weighted by Gasteiger charge is -2.18. The first-order valence-corrected chi connectivity index (χ1v) is 7.36. The van der Waals surface area contributed by atoms with E-state index < -0.39 is 0 Å². The average molecular weight is 300 g/mol. The average Bonchev–Trinajstić information content (AvgIpc) is 2.83. The zero-order valence-electron chi connectivity index (χ0n) is 12.7. The van der Waals surface area contributed by atoms with E-state index in [1.165, 1.54) is 0 Å². The van der Waals surface area contributed by atoms with Gasteiger partial charge in [0, 0.05) is 27.8 Å². The maximum Gasteiger partial charge on any atom is 0.156 e. The van der Waals surface area contributed by atoms with Crippen LogP contribution in [0.3, 0.4) is 0 Å². The van der Waals surface area contributed by atoms with Crippen molar-refractivity contribution in [1.29, 1.82) is 0 Å². The van der Waals surface area contributed by atoms with Crippen molar-refractivity contribution >= 4 is 17.2 Å². The molecule has 3 nitrogen and oxygen atoms in total. The molecule has 4 heteroatoms. The third kappa shape index (κ3) is 2.66. The number of nitrogens with zero attached hydrogens (tertiary/aromatic N) is 3. The molecule has 0 fully saturated rings. The summed E-state index contributed by atoms with van der Waals surface area (Å²) >= 11 is 5.94. The van der Waals surface area contributed by atoms with Crippen LogP contribution in [0.1, 0.15) is 32.2 Å². The molecule has 2 heterocycles. The molecule has 0 aliphatic rings. The van der Waals surface area contributed by atoms with Gasteiger partial charge in [-0.25, -0.2) is 9.50 Å². The van der Waals surface area contributed by atoms with E-state index in [4.69, 9.17) is 16.6 Å². The number of hydrogen-bond donors (Lipinski definition) is 0. The third-order valence-corrected chi connectivity index (χ3v) is 3.77. The highest BCUT2D eigenvalue weighted by Crippen LogP contribution is 2.25. The van der Waals surface area contributed by atoms with Crippen LogP contribution >= 0.6 is 11.6 Å². The van der Waals surface area contributed by atoms with Crippen molar-refractivity contribution in [3.05, 3.63) is 52.8 Å². The molecule has 0 bridgehead atoms. The monoisotopic (exact) mass is 299 g/mol. The SMILES string of the molecule is Cc1cc(C(C)(C)C)nc2cc(-c3ccc(Cl)cc3)nn12. The second-order valence-electron chi connectivity index (χ2n) is 6.34. The van der Waals surface area contributed by atoms with Crippen LogP contribution in [0.2, 0.25) is 5.02 Å². The minimum absolute atomic E-state index is 0.0250. The lowest BCUT2D eigenvalue weighted by molar-refractivity contribution is 0.567. The number of rotatable bonds is 1. The fraction of sp³-hybridized carbons (Fsp3) is 0.294. The molecule has 0 saturated carbocycles. The summed E-state index contributed by atoms with van der Waals surface area (Å²) in [4.78, 5) is 4.75. The Labute approximate surface area is 129 Å². The Bertz CT molecular complexity index is 795. The molecule has 0 amide bonds. The van der Waals surface area contributed by atoms with Gasteiger partial charge < -0.3 is 0 Å². The van der Waals surface area contributed by atoms with Gasteiger partial charge in [-0.05, 0) is 25.1 Å². The minimum Gasteiger partial charge on any atom is -0.233 e. The Kier molecular flexibility index (Phi) is 3.25. The van der Waals surface area contributed by atoms with Crippen LogP contribution in [0, 0.1) is 6.92 Å². The molecule has 0 atom stereocenters. The molecule has 0 N–H and O–H groups in total. The van der Waals surface area contributed by atoms with Gasteiger partial charge in [-0.1, -0.05) is 44.5 Å². The fourth-order valence-corrected chi connectivity index (χ4v) is 2.40. The van der Waals surface area contributed by atoms with Gasteiger partial charge in [0.15, 0.2) is 5.65 Å². The van der Waals surface area contributed by atoms with Crippen LogP contribution in [0.15, 0.2) is 36.4 Å². The second kappa shape index (κ2) is 4.85. The number of benzene rings is 1. The van der Waals surface area contributed by atoms with Gasteiger partial charge in [-0.15, -0.1) is 0 Å². The highest BCUT2D eigenvalue weighted by molar-refractivity contribution is 6.30. The predicted octanol–water partition coefficient (Wildman–Crippen LogP) is 4.66. The number of aromatic nitrogens is 3. The van der Waals surface area contributed by atoms with Gasteiger partial charge in [-0.3, -0.25) is 0 Å². The smallest absolute Gasteiger partial charge is 0.156 e. The predicted molar refractivity (Wildman–Crippen MR) is 86.9 cm³/mol. The molecule has 2 aromatic heterocycles. The maximum atomic E-state index is 5.94. The molecule has 108 valence electrons. The van der Waals surface area contributed by atoms with Gasteiger partial charge in [0.05, 0.1) is 11.4 Å². The number of hydrogen-bond acceptors (Lipinski definition) is 2. The topological polar surface area (TPSA) is 30.2 Å². The van der Waals surface area contributed by atoms with Gasteiger partial charge in [0.2, 0.25) is 0 Å². The lowest BCUT2D eigenvalue weighted by Crippen LogP contribution is -2.15. The first kappa shape index (κ1) is 14.1. The van der Waals surface area contributed by atoms with E-state index in [2.05, 4.69) is 38.9 Å². The van der Waals surface area contributed by atoms with E-state index in [1.54, 1.807) is 0 Å². The highest BCUT2D eigenvalue weighted by Gasteiger charge is 2.18. The highest BCUT2D eigenvalue weighted by atomic mass is 35.5. The van der Waals surface area contributed by atoms with Crippen LogP contribution in [0.5, 0.6) is 0 Å². The van der Waals surface area contributed by atoms with E-state index in [0.717, 1.165) is 33.3 Å². The molecule has 1 aromatic carbocycles. The number of halogens is 1. The Morgan fingerprint density at radius 3 is 2.33 bits per heavy atom. The third-order valence-electron chi connectivity index (χ3n) is 3.51. The summed E-state index contributed by atoms with van der Waals surface area (Å²) in [5.74, 6) is 0. The largest absolute Gasteiger partial charge is 0.233 e. The van der Waals surface area contributed by atoms with Crippen LogP contribution in [-0.4, -0.2) is 14.6 Å². The summed E-state index contributed by atoms with van der Waals surface area (Å²) < 4.78 is 1.89. The molecule has 0 radical (unpaired) electrons. The lowest BCUT2D eigenvalue weighted by atomic mass is 9.91. The van der Waals surface area contributed by atoms with E-state index >= 15 is 0 Å². The summed E-state index contributed by atoms with van der Waals surface area (Å²) in [6.45, 7) is 8.56. The molecule has 0 saturated heterocycles. The number of aryl methyl sites for hydroxylation is 1. The zero-order valence-corrected chi connectivity index (χ0v) is 13.4. The Balaban J connectivity index is 2.16. The van der Waals surface area contributed by atoms with Crippen molar-refractivity contribution in [1.82, 2.24) is 14.6 Å². The molecule has 0 aliphatic carbocycles. The molecule has 0 unspecified atom stereocenters. The maximum absolute atomic E-state index is 5.94. The normalized spacial score (nSPS) is 12.0. The standard InChI is InChI=1S/C17H18ClN3/c1-11-9-15(17(2,3)4)19-16-10-14(20-21(11)16)12-5-7-13(18)8-6-12/h5-10H,1-4H3. The fourth-order valence-electron chi connectivity index (χ4n) is 2.27. The second-order valence-corrected chi connectivity index (χ2v) is 6.78. The van der Waals surface area contributed by atoms with Crippen molar-refractivity contribution in [3.8, 4) is 11.3 Å². The van der Waals surface area contributed by atoms with E-state index in [9.17, 15) is 0 Å². The van der Waals surface area contributed by atoms with Crippen LogP contribution in [0.4, 0.5) is 0 Å². The van der Waals surface area contributed by atoms with Gasteiger partial charge in [0.1, 0.15) is 0 Å². The summed E-state index contributed by atoms with van der Waals surface area (Å²) in [5.41, 5.74) is 5.03. The van der Waals surface area contributed by atoms with E-state index in [1.807, 2.05) is 34.8 Å². The first-order valence-electron chi connectivity index (χ1n) is 6.98. The molecule has 0 aliphatic heterocycles. The molecule has 3 rings (SSSR count). The van der Waals surface area contributed by atoms with Crippen molar-refractivity contribution in [2.24, 2.45) is 0 Å². The first-order chi connectivity index (χ1) is 9.84. The molecular formula is C17H18ClN3. The van der Waals surface area contributed by atoms with Crippen molar-refractivity contribution < 1.29 is 0 Å².